The molecular formula is C56H56Cl4FN15O3S3. The quantitative estimate of drug-likeness (QED) is 0.143. The number of anilines is 6. The first-order valence-corrected chi connectivity index (χ1v) is 30.2. The molecule has 18 nitrogen and oxygen atoms in total. The van der Waals surface area contributed by atoms with E-state index in [4.69, 9.17) is 46.4 Å². The molecule has 6 amide bonds. The van der Waals surface area contributed by atoms with Crippen LogP contribution in [-0.4, -0.2) is 140 Å². The SMILES string of the molecule is C[C@@H]1CN(c2ncccc2Cl)CCN1C(=O)Nc1nc2ccc(Cl)cc2s1.C[C@@H]1CN(c2ncccc2Cl)CCN1C(=O)Nc1nc2ccc(F)cc2s1.Cc1cc2nc(NC(=O)N3CCN(c4ncccc4Cl)C[C@H]3C)sc2cc1C. The first-order valence-electron chi connectivity index (χ1n) is 26.2. The fourth-order valence-electron chi connectivity index (χ4n) is 9.81. The summed E-state index contributed by atoms with van der Waals surface area (Å²) in [7, 11) is 0. The lowest BCUT2D eigenvalue weighted by Crippen LogP contribution is -2.55. The minimum atomic E-state index is -0.318. The van der Waals surface area contributed by atoms with Gasteiger partial charge in [-0.3, -0.25) is 16.0 Å². The number of rotatable bonds is 6. The van der Waals surface area contributed by atoms with Crippen molar-refractivity contribution in [1.82, 2.24) is 44.6 Å². The molecule has 0 bridgehead atoms. The molecule has 0 radical (unpaired) electrons. The van der Waals surface area contributed by atoms with E-state index in [1.54, 1.807) is 41.7 Å². The molecule has 9 aromatic rings. The number of hydrogen-bond donors (Lipinski definition) is 3. The number of aromatic nitrogens is 6. The van der Waals surface area contributed by atoms with Crippen LogP contribution in [0, 0.1) is 19.7 Å². The number of pyridine rings is 3. The van der Waals surface area contributed by atoms with Gasteiger partial charge in [-0.25, -0.2) is 48.7 Å². The molecule has 0 spiro atoms. The van der Waals surface area contributed by atoms with Gasteiger partial charge in [0, 0.05) is 101 Å². The number of thiazole rings is 3. The Labute approximate surface area is 504 Å². The summed E-state index contributed by atoms with van der Waals surface area (Å²) in [6, 6.07) is 24.5. The van der Waals surface area contributed by atoms with Gasteiger partial charge in [-0.05, 0) is 131 Å². The topological polar surface area (TPSA) is 184 Å². The average molecular weight is 1240 g/mol. The summed E-state index contributed by atoms with van der Waals surface area (Å²) in [5, 5.41) is 12.9. The van der Waals surface area contributed by atoms with Gasteiger partial charge in [0.2, 0.25) is 0 Å². The number of urea groups is 3. The van der Waals surface area contributed by atoms with Crippen LogP contribution in [0.4, 0.5) is 51.6 Å². The van der Waals surface area contributed by atoms with Crippen LogP contribution < -0.4 is 30.7 Å². The standard InChI is InChI=1S/C20H22ClN5OS.C18H17Cl2N5OS.C18H17ClFN5OS/c1-12-9-16-17(10-13(12)2)28-19(23-16)24-20(27)26-8-7-25(11-14(26)3)18-15(21)5-4-6-22-18;1-11-10-24(16-13(20)3-2-6-21-16)7-8-25(11)18(26)23-17-22-14-5-4-12(19)9-15(14)27-17;1-11-10-24(16-13(19)3-2-6-21-16)7-8-25(11)18(26)23-17-22-14-5-4-12(20)9-15(14)27-17/h4-6,9-10,14H,7-8,11H2,1-3H3,(H,23,24,27);2*2-6,9,11H,7-8,10H2,1H3,(H,22,23,26)/t14-;2*11-/m111/s1. The normalized spacial score (nSPS) is 17.3. The molecule has 3 aromatic carbocycles. The van der Waals surface area contributed by atoms with Crippen molar-refractivity contribution in [1.29, 1.82) is 0 Å². The zero-order chi connectivity index (χ0) is 57.8. The monoisotopic (exact) mass is 1240 g/mol. The molecule has 12 rings (SSSR count). The highest BCUT2D eigenvalue weighted by Gasteiger charge is 2.32. The molecule has 0 unspecified atom stereocenters. The summed E-state index contributed by atoms with van der Waals surface area (Å²) >= 11 is 28.9. The number of carbonyl (C=O) groups excluding carboxylic acids is 3. The second-order valence-electron chi connectivity index (χ2n) is 19.9. The number of nitrogens with one attached hydrogen (secondary N) is 3. The maximum atomic E-state index is 13.3. The lowest BCUT2D eigenvalue weighted by atomic mass is 10.1. The number of carbonyl (C=O) groups is 3. The van der Waals surface area contributed by atoms with E-state index in [0.29, 0.717) is 105 Å². The Morgan fingerprint density at radius 2 is 0.854 bits per heavy atom. The maximum absolute atomic E-state index is 13.3. The van der Waals surface area contributed by atoms with Crippen molar-refractivity contribution in [2.75, 3.05) is 89.6 Å². The van der Waals surface area contributed by atoms with Gasteiger partial charge in [-0.15, -0.1) is 0 Å². The first-order chi connectivity index (χ1) is 39.4. The molecular weight excluding hydrogens is 1190 g/mol. The Morgan fingerprint density at radius 3 is 1.26 bits per heavy atom. The fraction of sp³-hybridized carbons (Fsp3) is 0.304. The van der Waals surface area contributed by atoms with E-state index in [-0.39, 0.29) is 42.0 Å². The van der Waals surface area contributed by atoms with Crippen LogP contribution in [-0.2, 0) is 0 Å². The van der Waals surface area contributed by atoms with Gasteiger partial charge < -0.3 is 29.4 Å². The second-order valence-corrected chi connectivity index (χ2v) is 24.6. The smallest absolute Gasteiger partial charge is 0.324 e. The Hall–Kier alpha value is -6.92. The van der Waals surface area contributed by atoms with Crippen molar-refractivity contribution in [2.24, 2.45) is 0 Å². The van der Waals surface area contributed by atoms with E-state index in [1.807, 2.05) is 73.0 Å². The van der Waals surface area contributed by atoms with Gasteiger partial charge in [0.05, 0.1) is 45.7 Å². The van der Waals surface area contributed by atoms with E-state index in [2.05, 4.69) is 86.5 Å². The van der Waals surface area contributed by atoms with Crippen molar-refractivity contribution in [3.63, 3.8) is 0 Å². The van der Waals surface area contributed by atoms with Crippen molar-refractivity contribution in [2.45, 2.75) is 52.7 Å². The Kier molecular flexibility index (Phi) is 18.3. The molecule has 3 fully saturated rings. The van der Waals surface area contributed by atoms with Crippen molar-refractivity contribution in [3.05, 3.63) is 141 Å². The molecule has 0 aliphatic carbocycles. The number of aryl methyl sites for hydroxylation is 2. The average Bonchev–Trinajstić information content (AvgIpc) is 4.30. The van der Waals surface area contributed by atoms with Crippen LogP contribution in [0.25, 0.3) is 30.6 Å². The number of halogens is 5. The number of benzene rings is 3. The lowest BCUT2D eigenvalue weighted by Gasteiger charge is -2.40. The summed E-state index contributed by atoms with van der Waals surface area (Å²) in [4.78, 5) is 76.4. The molecule has 6 aromatic heterocycles. The van der Waals surface area contributed by atoms with E-state index in [0.717, 1.165) is 37.9 Å². The fourth-order valence-corrected chi connectivity index (χ4v) is 13.5. The summed E-state index contributed by atoms with van der Waals surface area (Å²) in [5.74, 6) is 1.95. The molecule has 9 heterocycles. The van der Waals surface area contributed by atoms with Crippen LogP contribution in [0.15, 0.2) is 104 Å². The van der Waals surface area contributed by atoms with E-state index < -0.39 is 0 Å². The number of piperazine rings is 3. The summed E-state index contributed by atoms with van der Waals surface area (Å²) in [5.41, 5.74) is 4.84. The Balaban J connectivity index is 0.000000138. The largest absolute Gasteiger partial charge is 0.352 e. The number of hydrogen-bond acceptors (Lipinski definition) is 15. The van der Waals surface area contributed by atoms with Crippen LogP contribution in [0.3, 0.4) is 0 Å². The highest BCUT2D eigenvalue weighted by Crippen LogP contribution is 2.33. The van der Waals surface area contributed by atoms with Crippen molar-refractivity contribution < 1.29 is 18.8 Å². The molecule has 82 heavy (non-hydrogen) atoms. The third kappa shape index (κ3) is 13.6. The zero-order valence-electron chi connectivity index (χ0n) is 45.1. The molecule has 3 saturated heterocycles. The lowest BCUT2D eigenvalue weighted by molar-refractivity contribution is 0.184. The molecule has 3 aliphatic rings. The van der Waals surface area contributed by atoms with Crippen molar-refractivity contribution in [3.8, 4) is 0 Å². The predicted octanol–water partition coefficient (Wildman–Crippen LogP) is 13.7. The van der Waals surface area contributed by atoms with Gasteiger partial charge in [0.1, 0.15) is 23.3 Å². The Bertz CT molecular complexity index is 3600. The summed E-state index contributed by atoms with van der Waals surface area (Å²) < 4.78 is 16.1. The van der Waals surface area contributed by atoms with Gasteiger partial charge in [0.25, 0.3) is 0 Å². The Morgan fingerprint density at radius 1 is 0.488 bits per heavy atom. The minimum Gasteiger partial charge on any atom is -0.352 e. The number of fused-ring (bicyclic) bond motifs is 3. The van der Waals surface area contributed by atoms with Gasteiger partial charge in [-0.1, -0.05) is 80.4 Å². The molecule has 426 valence electrons. The molecule has 3 N–H and O–H groups in total. The van der Waals surface area contributed by atoms with Crippen LogP contribution in [0.2, 0.25) is 20.1 Å². The minimum absolute atomic E-state index is 0.0145. The molecule has 3 atom stereocenters. The predicted molar refractivity (Wildman–Crippen MR) is 333 cm³/mol. The number of amides is 6. The van der Waals surface area contributed by atoms with Gasteiger partial charge in [0.15, 0.2) is 15.4 Å². The van der Waals surface area contributed by atoms with E-state index in [9.17, 15) is 18.8 Å². The van der Waals surface area contributed by atoms with Crippen molar-refractivity contribution >= 4 is 162 Å². The first kappa shape index (κ1) is 58.3. The third-order valence-corrected chi connectivity index (χ3v) is 18.0. The van der Waals surface area contributed by atoms with E-state index >= 15 is 0 Å². The molecule has 0 saturated carbocycles. The van der Waals surface area contributed by atoms with Gasteiger partial charge in [-0.2, -0.15) is 0 Å². The molecule has 3 aliphatic heterocycles. The van der Waals surface area contributed by atoms with Gasteiger partial charge >= 0.3 is 18.1 Å². The second kappa shape index (κ2) is 25.7. The molecule has 26 heteroatoms. The number of nitrogens with zero attached hydrogens (tertiary/aromatic N) is 12. The van der Waals surface area contributed by atoms with Crippen LogP contribution >= 0.6 is 80.4 Å². The maximum Gasteiger partial charge on any atom is 0.324 e. The third-order valence-electron chi connectivity index (χ3n) is 14.1. The zero-order valence-corrected chi connectivity index (χ0v) is 50.6. The summed E-state index contributed by atoms with van der Waals surface area (Å²) in [6.07, 6.45) is 5.17. The van der Waals surface area contributed by atoms with Crippen LogP contribution in [0.1, 0.15) is 31.9 Å². The highest BCUT2D eigenvalue weighted by molar-refractivity contribution is 7.23. The highest BCUT2D eigenvalue weighted by atomic mass is 35.5. The van der Waals surface area contributed by atoms with E-state index in [1.165, 1.54) is 57.3 Å². The summed E-state index contributed by atoms with van der Waals surface area (Å²) in [6.45, 7) is 15.9. The van der Waals surface area contributed by atoms with Crippen LogP contribution in [0.5, 0.6) is 0 Å².